The smallest absolute Gasteiger partial charge is 0.146 e. The van der Waals surface area contributed by atoms with Crippen LogP contribution in [0.4, 0.5) is 0 Å². The second-order valence-electron chi connectivity index (χ2n) is 4.40. The summed E-state index contributed by atoms with van der Waals surface area (Å²) in [4.78, 5) is 0. The van der Waals surface area contributed by atoms with Gasteiger partial charge in [-0.3, -0.25) is 0 Å². The Morgan fingerprint density at radius 3 is 2.17 bits per heavy atom. The topological polar surface area (TPSA) is 9.23 Å². The van der Waals surface area contributed by atoms with E-state index in [9.17, 15) is 0 Å². The minimum Gasteiger partial charge on any atom is -0.456 e. The molecule has 0 unspecified atom stereocenters. The van der Waals surface area contributed by atoms with Gasteiger partial charge in [0.15, 0.2) is 0 Å². The summed E-state index contributed by atoms with van der Waals surface area (Å²) in [7, 11) is 0. The van der Waals surface area contributed by atoms with E-state index < -0.39 is 0 Å². The molecule has 1 nitrogen and oxygen atoms in total. The third kappa shape index (κ3) is 3.18. The van der Waals surface area contributed by atoms with Crippen molar-refractivity contribution in [2.45, 2.75) is 19.8 Å². The van der Waals surface area contributed by atoms with Crippen molar-refractivity contribution in [1.82, 2.24) is 0 Å². The average molecular weight is 281 g/mol. The molecule has 0 atom stereocenters. The molecule has 0 N–H and O–H groups in total. The molecule has 0 amide bonds. The normalized spacial score (nSPS) is 10.7. The van der Waals surface area contributed by atoms with E-state index >= 15 is 0 Å². The minimum absolute atomic E-state index is 0.451. The van der Waals surface area contributed by atoms with Crippen molar-refractivity contribution in [3.8, 4) is 11.5 Å². The van der Waals surface area contributed by atoms with E-state index in [1.54, 1.807) is 12.1 Å². The number of ether oxygens (including phenoxy) is 1. The van der Waals surface area contributed by atoms with E-state index in [0.717, 1.165) is 5.75 Å². The Bertz CT molecular complexity index is 533. The number of hydrogen-bond donors (Lipinski definition) is 0. The van der Waals surface area contributed by atoms with Crippen LogP contribution < -0.4 is 4.74 Å². The summed E-state index contributed by atoms with van der Waals surface area (Å²) >= 11 is 12.0. The van der Waals surface area contributed by atoms with Crippen LogP contribution in [0.2, 0.25) is 10.0 Å². The van der Waals surface area contributed by atoms with E-state index in [-0.39, 0.29) is 0 Å². The number of hydrogen-bond acceptors (Lipinski definition) is 1. The molecule has 0 radical (unpaired) electrons. The maximum absolute atomic E-state index is 6.20. The first-order valence-electron chi connectivity index (χ1n) is 5.79. The molecule has 18 heavy (non-hydrogen) atoms. The van der Waals surface area contributed by atoms with Crippen molar-refractivity contribution in [1.29, 1.82) is 0 Å². The fourth-order valence-corrected chi connectivity index (χ4v) is 1.94. The Morgan fingerprint density at radius 2 is 1.61 bits per heavy atom. The zero-order valence-electron chi connectivity index (χ0n) is 10.3. The van der Waals surface area contributed by atoms with Crippen molar-refractivity contribution >= 4 is 23.2 Å². The average Bonchev–Trinajstić information content (AvgIpc) is 2.34. The molecule has 0 aliphatic carbocycles. The molecule has 94 valence electrons. The second kappa shape index (κ2) is 5.64. The highest BCUT2D eigenvalue weighted by molar-refractivity contribution is 6.32. The summed E-state index contributed by atoms with van der Waals surface area (Å²) in [5.41, 5.74) is 1.20. The Hall–Kier alpha value is -1.18. The lowest BCUT2D eigenvalue weighted by molar-refractivity contribution is 0.482. The Kier molecular flexibility index (Phi) is 4.15. The molecule has 0 fully saturated rings. The summed E-state index contributed by atoms with van der Waals surface area (Å²) in [5.74, 6) is 1.83. The summed E-state index contributed by atoms with van der Waals surface area (Å²) < 4.78 is 5.71. The van der Waals surface area contributed by atoms with E-state index in [4.69, 9.17) is 27.9 Å². The van der Waals surface area contributed by atoms with Gasteiger partial charge in [0.1, 0.15) is 11.5 Å². The Morgan fingerprint density at radius 1 is 0.944 bits per heavy atom. The van der Waals surface area contributed by atoms with Gasteiger partial charge in [-0.05, 0) is 47.9 Å². The summed E-state index contributed by atoms with van der Waals surface area (Å²) in [5, 5.41) is 1.31. The maximum atomic E-state index is 6.20. The Labute approximate surface area is 117 Å². The molecule has 2 rings (SSSR count). The Balaban J connectivity index is 2.22. The zero-order valence-corrected chi connectivity index (χ0v) is 11.8. The number of benzene rings is 2. The molecule has 2 aromatic rings. The van der Waals surface area contributed by atoms with Crippen LogP contribution in [-0.4, -0.2) is 0 Å². The lowest BCUT2D eigenvalue weighted by atomic mass is 10.0. The first-order valence-corrected chi connectivity index (χ1v) is 6.54. The number of halogens is 2. The third-order valence-electron chi connectivity index (χ3n) is 2.66. The van der Waals surface area contributed by atoms with E-state index in [2.05, 4.69) is 13.8 Å². The molecular formula is C15H14Cl2O. The molecule has 3 heteroatoms. The molecule has 0 saturated heterocycles. The predicted molar refractivity (Wildman–Crippen MR) is 77.1 cm³/mol. The summed E-state index contributed by atoms with van der Waals surface area (Å²) in [6.45, 7) is 4.26. The van der Waals surface area contributed by atoms with Crippen LogP contribution in [0.5, 0.6) is 11.5 Å². The van der Waals surface area contributed by atoms with Crippen molar-refractivity contribution < 1.29 is 4.74 Å². The highest BCUT2D eigenvalue weighted by Gasteiger charge is 2.06. The van der Waals surface area contributed by atoms with Gasteiger partial charge in [0.05, 0.1) is 5.02 Å². The molecule has 0 saturated carbocycles. The maximum Gasteiger partial charge on any atom is 0.146 e. The fourth-order valence-electron chi connectivity index (χ4n) is 1.59. The molecule has 0 bridgehead atoms. The van der Waals surface area contributed by atoms with Gasteiger partial charge in [-0.2, -0.15) is 0 Å². The van der Waals surface area contributed by atoms with Crippen molar-refractivity contribution in [2.24, 2.45) is 0 Å². The zero-order chi connectivity index (χ0) is 13.1. The monoisotopic (exact) mass is 280 g/mol. The molecule has 0 aliphatic rings. The van der Waals surface area contributed by atoms with Gasteiger partial charge in [-0.1, -0.05) is 43.1 Å². The van der Waals surface area contributed by atoms with E-state index in [1.807, 2.05) is 30.3 Å². The summed E-state index contributed by atoms with van der Waals surface area (Å²) in [6.07, 6.45) is 0. The van der Waals surface area contributed by atoms with E-state index in [0.29, 0.717) is 21.7 Å². The minimum atomic E-state index is 0.451. The first-order chi connectivity index (χ1) is 8.56. The first kappa shape index (κ1) is 13.3. The van der Waals surface area contributed by atoms with Crippen LogP contribution in [0, 0.1) is 0 Å². The third-order valence-corrected chi connectivity index (χ3v) is 3.21. The van der Waals surface area contributed by atoms with Crippen LogP contribution in [0.3, 0.4) is 0 Å². The standard InChI is InChI=1S/C15H14Cl2O/c1-10(2)11-3-8-15(14(17)9-11)18-13-6-4-12(16)5-7-13/h3-10H,1-2H3. The van der Waals surface area contributed by atoms with Gasteiger partial charge >= 0.3 is 0 Å². The van der Waals surface area contributed by atoms with Crippen LogP contribution >= 0.6 is 23.2 Å². The van der Waals surface area contributed by atoms with Crippen LogP contribution in [-0.2, 0) is 0 Å². The highest BCUT2D eigenvalue weighted by atomic mass is 35.5. The van der Waals surface area contributed by atoms with Gasteiger partial charge in [0, 0.05) is 5.02 Å². The fraction of sp³-hybridized carbons (Fsp3) is 0.200. The van der Waals surface area contributed by atoms with Crippen molar-refractivity contribution in [3.63, 3.8) is 0 Å². The largest absolute Gasteiger partial charge is 0.456 e. The van der Waals surface area contributed by atoms with Crippen LogP contribution in [0.15, 0.2) is 42.5 Å². The van der Waals surface area contributed by atoms with Gasteiger partial charge < -0.3 is 4.74 Å². The predicted octanol–water partition coefficient (Wildman–Crippen LogP) is 5.91. The summed E-state index contributed by atoms with van der Waals surface area (Å²) in [6, 6.07) is 13.1. The molecule has 2 aromatic carbocycles. The molecule has 0 heterocycles. The lowest BCUT2D eigenvalue weighted by Gasteiger charge is -2.11. The molecule has 0 spiro atoms. The molecule has 0 aromatic heterocycles. The van der Waals surface area contributed by atoms with Crippen molar-refractivity contribution in [3.05, 3.63) is 58.1 Å². The van der Waals surface area contributed by atoms with Gasteiger partial charge in [0.25, 0.3) is 0 Å². The van der Waals surface area contributed by atoms with Crippen LogP contribution in [0.1, 0.15) is 25.3 Å². The quantitative estimate of drug-likeness (QED) is 0.679. The van der Waals surface area contributed by atoms with Gasteiger partial charge in [0.2, 0.25) is 0 Å². The van der Waals surface area contributed by atoms with Crippen molar-refractivity contribution in [2.75, 3.05) is 0 Å². The molecular weight excluding hydrogens is 267 g/mol. The number of rotatable bonds is 3. The SMILES string of the molecule is CC(C)c1ccc(Oc2ccc(Cl)cc2)c(Cl)c1. The van der Waals surface area contributed by atoms with Crippen LogP contribution in [0.25, 0.3) is 0 Å². The second-order valence-corrected chi connectivity index (χ2v) is 5.24. The molecule has 0 aliphatic heterocycles. The van der Waals surface area contributed by atoms with Gasteiger partial charge in [-0.15, -0.1) is 0 Å². The van der Waals surface area contributed by atoms with Gasteiger partial charge in [-0.25, -0.2) is 0 Å². The lowest BCUT2D eigenvalue weighted by Crippen LogP contribution is -1.90. The highest BCUT2D eigenvalue weighted by Crippen LogP contribution is 2.32. The van der Waals surface area contributed by atoms with E-state index in [1.165, 1.54) is 5.56 Å².